The van der Waals surface area contributed by atoms with Crippen LogP contribution in [0.3, 0.4) is 0 Å². The molecule has 1 unspecified atom stereocenters. The fourth-order valence-corrected chi connectivity index (χ4v) is 0.834. The maximum atomic E-state index is 11.1. The predicted octanol–water partition coefficient (Wildman–Crippen LogP) is -0.426. The van der Waals surface area contributed by atoms with Crippen molar-refractivity contribution in [2.24, 2.45) is 5.92 Å². The fourth-order valence-electron chi connectivity index (χ4n) is 0.834. The summed E-state index contributed by atoms with van der Waals surface area (Å²) in [4.78, 5) is 42.4. The van der Waals surface area contributed by atoms with Crippen LogP contribution in [0.1, 0.15) is 6.42 Å². The number of aliphatic carboxylic acids is 1. The van der Waals surface area contributed by atoms with Crippen LogP contribution >= 0.6 is 0 Å². The minimum absolute atomic E-state index is 0.327. The summed E-state index contributed by atoms with van der Waals surface area (Å²) >= 11 is 0. The Morgan fingerprint density at radius 3 is 2.40 bits per heavy atom. The van der Waals surface area contributed by atoms with Crippen LogP contribution in [-0.4, -0.2) is 35.7 Å². The molecule has 0 heterocycles. The maximum Gasteiger partial charge on any atom is 0.317 e. The van der Waals surface area contributed by atoms with Crippen molar-refractivity contribution in [3.63, 3.8) is 0 Å². The van der Waals surface area contributed by atoms with Crippen molar-refractivity contribution in [2.45, 2.75) is 6.42 Å². The molecular formula is C9H10O6. The number of ketones is 1. The van der Waals surface area contributed by atoms with Gasteiger partial charge in [0.1, 0.15) is 12.5 Å². The predicted molar refractivity (Wildman–Crippen MR) is 48.0 cm³/mol. The number of hydrogen-bond donors (Lipinski definition) is 1. The lowest BCUT2D eigenvalue weighted by Gasteiger charge is -2.09. The van der Waals surface area contributed by atoms with E-state index in [-0.39, 0.29) is 0 Å². The third-order valence-corrected chi connectivity index (χ3v) is 1.50. The van der Waals surface area contributed by atoms with Crippen molar-refractivity contribution in [2.75, 3.05) is 6.61 Å². The van der Waals surface area contributed by atoms with E-state index in [4.69, 9.17) is 5.11 Å². The first-order valence-electron chi connectivity index (χ1n) is 4.01. The van der Waals surface area contributed by atoms with Crippen LogP contribution in [0.25, 0.3) is 0 Å². The van der Waals surface area contributed by atoms with Crippen molar-refractivity contribution in [3.8, 4) is 0 Å². The van der Waals surface area contributed by atoms with Gasteiger partial charge in [0.2, 0.25) is 0 Å². The first-order chi connectivity index (χ1) is 7.02. The Kier molecular flexibility index (Phi) is 5.62. The van der Waals surface area contributed by atoms with Crippen LogP contribution < -0.4 is 0 Å². The van der Waals surface area contributed by atoms with Gasteiger partial charge in [0, 0.05) is 0 Å². The Bertz CT molecular complexity index is 293. The molecule has 0 amide bonds. The van der Waals surface area contributed by atoms with Gasteiger partial charge in [0.05, 0.1) is 6.42 Å². The Morgan fingerprint density at radius 2 is 2.00 bits per heavy atom. The van der Waals surface area contributed by atoms with E-state index in [2.05, 4.69) is 11.3 Å². The van der Waals surface area contributed by atoms with Crippen LogP contribution in [0, 0.1) is 5.92 Å². The molecule has 0 spiro atoms. The highest BCUT2D eigenvalue weighted by Crippen LogP contribution is 2.08. The van der Waals surface area contributed by atoms with E-state index >= 15 is 0 Å². The number of carbonyl (C=O) groups is 4. The number of rotatable bonds is 7. The van der Waals surface area contributed by atoms with Crippen molar-refractivity contribution >= 4 is 24.0 Å². The number of esters is 1. The molecule has 82 valence electrons. The van der Waals surface area contributed by atoms with E-state index in [1.807, 2.05) is 0 Å². The van der Waals surface area contributed by atoms with Crippen LogP contribution in [0.5, 0.6) is 0 Å². The molecule has 0 bridgehead atoms. The van der Waals surface area contributed by atoms with Gasteiger partial charge in [-0.3, -0.25) is 19.2 Å². The summed E-state index contributed by atoms with van der Waals surface area (Å²) in [6.07, 6.45) is 0.492. The highest BCUT2D eigenvalue weighted by Gasteiger charge is 2.28. The molecule has 1 atom stereocenters. The summed E-state index contributed by atoms with van der Waals surface area (Å²) < 4.78 is 4.34. The molecule has 6 heteroatoms. The molecule has 0 aliphatic rings. The Morgan fingerprint density at radius 1 is 1.40 bits per heavy atom. The SMILES string of the molecule is C=CC(=O)C(CC(=O)O)C(=O)OCC=O. The zero-order chi connectivity index (χ0) is 11.8. The molecule has 0 saturated carbocycles. The van der Waals surface area contributed by atoms with Crippen LogP contribution in [0.4, 0.5) is 0 Å². The summed E-state index contributed by atoms with van der Waals surface area (Å²) in [6.45, 7) is 2.63. The van der Waals surface area contributed by atoms with Gasteiger partial charge in [-0.25, -0.2) is 0 Å². The van der Waals surface area contributed by atoms with Crippen LogP contribution in [0.2, 0.25) is 0 Å². The van der Waals surface area contributed by atoms with Crippen molar-refractivity contribution < 1.29 is 29.0 Å². The number of hydrogen-bond acceptors (Lipinski definition) is 5. The summed E-state index contributed by atoms with van der Waals surface area (Å²) in [5, 5.41) is 8.44. The summed E-state index contributed by atoms with van der Waals surface area (Å²) in [5.74, 6) is -4.51. The molecule has 1 N–H and O–H groups in total. The lowest BCUT2D eigenvalue weighted by atomic mass is 10.0. The number of carbonyl (C=O) groups excluding carboxylic acids is 3. The van der Waals surface area contributed by atoms with Gasteiger partial charge in [0.15, 0.2) is 12.1 Å². The minimum atomic E-state index is -1.43. The second-order valence-electron chi connectivity index (χ2n) is 2.55. The first kappa shape index (κ1) is 13.0. The molecule has 0 aromatic rings. The van der Waals surface area contributed by atoms with Crippen molar-refractivity contribution in [1.82, 2.24) is 0 Å². The fraction of sp³-hybridized carbons (Fsp3) is 0.333. The van der Waals surface area contributed by atoms with Crippen molar-refractivity contribution in [3.05, 3.63) is 12.7 Å². The second-order valence-corrected chi connectivity index (χ2v) is 2.55. The quantitative estimate of drug-likeness (QED) is 0.267. The van der Waals surface area contributed by atoms with Gasteiger partial charge >= 0.3 is 11.9 Å². The zero-order valence-corrected chi connectivity index (χ0v) is 7.84. The summed E-state index contributed by atoms with van der Waals surface area (Å²) in [5.41, 5.74) is 0. The lowest BCUT2D eigenvalue weighted by Crippen LogP contribution is -2.27. The van der Waals surface area contributed by atoms with Gasteiger partial charge in [-0.2, -0.15) is 0 Å². The molecule has 0 saturated heterocycles. The number of allylic oxidation sites excluding steroid dienone is 1. The lowest BCUT2D eigenvalue weighted by molar-refractivity contribution is -0.156. The molecule has 0 radical (unpaired) electrons. The molecule has 0 aliphatic carbocycles. The number of carboxylic acids is 1. The van der Waals surface area contributed by atoms with Gasteiger partial charge < -0.3 is 9.84 Å². The molecular weight excluding hydrogens is 204 g/mol. The monoisotopic (exact) mass is 214 g/mol. The largest absolute Gasteiger partial charge is 0.481 e. The second kappa shape index (κ2) is 6.47. The van der Waals surface area contributed by atoms with E-state index in [9.17, 15) is 19.2 Å². The molecule has 6 nitrogen and oxygen atoms in total. The number of ether oxygens (including phenoxy) is 1. The molecule has 0 fully saturated rings. The Balaban J connectivity index is 4.53. The molecule has 0 aromatic heterocycles. The average Bonchev–Trinajstić information content (AvgIpc) is 2.21. The first-order valence-corrected chi connectivity index (χ1v) is 4.01. The van der Waals surface area contributed by atoms with Gasteiger partial charge in [-0.15, -0.1) is 0 Å². The standard InChI is InChI=1S/C9H10O6/c1-2-7(11)6(5-8(12)13)9(14)15-4-3-10/h2-3,6H,1,4-5H2,(H,12,13). The molecule has 15 heavy (non-hydrogen) atoms. The average molecular weight is 214 g/mol. The van der Waals surface area contributed by atoms with Gasteiger partial charge in [0.25, 0.3) is 0 Å². The molecule has 0 aliphatic heterocycles. The maximum absolute atomic E-state index is 11.1. The van der Waals surface area contributed by atoms with E-state index in [1.54, 1.807) is 0 Å². The van der Waals surface area contributed by atoms with Crippen molar-refractivity contribution in [1.29, 1.82) is 0 Å². The molecule has 0 rings (SSSR count). The highest BCUT2D eigenvalue weighted by atomic mass is 16.5. The Hall–Kier alpha value is -1.98. The van der Waals surface area contributed by atoms with E-state index in [1.165, 1.54) is 0 Å². The third kappa shape index (κ3) is 4.70. The smallest absolute Gasteiger partial charge is 0.317 e. The minimum Gasteiger partial charge on any atom is -0.481 e. The topological polar surface area (TPSA) is 97.7 Å². The van der Waals surface area contributed by atoms with E-state index < -0.39 is 36.7 Å². The van der Waals surface area contributed by atoms with E-state index in [0.29, 0.717) is 6.29 Å². The number of carboxylic acid groups (broad SMARTS) is 1. The normalized spacial score (nSPS) is 11.2. The molecule has 0 aromatic carbocycles. The van der Waals surface area contributed by atoms with Gasteiger partial charge in [-0.05, 0) is 6.08 Å². The zero-order valence-electron chi connectivity index (χ0n) is 7.84. The van der Waals surface area contributed by atoms with Crippen LogP contribution in [0.15, 0.2) is 12.7 Å². The summed E-state index contributed by atoms with van der Waals surface area (Å²) in [6, 6.07) is 0. The highest BCUT2D eigenvalue weighted by molar-refractivity contribution is 6.06. The summed E-state index contributed by atoms with van der Waals surface area (Å²) in [7, 11) is 0. The number of aldehydes is 1. The van der Waals surface area contributed by atoms with Gasteiger partial charge in [-0.1, -0.05) is 6.58 Å². The van der Waals surface area contributed by atoms with E-state index in [0.717, 1.165) is 6.08 Å². The Labute approximate surface area is 85.5 Å². The van der Waals surface area contributed by atoms with Crippen LogP contribution in [-0.2, 0) is 23.9 Å². The third-order valence-electron chi connectivity index (χ3n) is 1.50.